The van der Waals surface area contributed by atoms with Crippen molar-refractivity contribution in [3.63, 3.8) is 0 Å². The molecule has 20 heavy (non-hydrogen) atoms. The van der Waals surface area contributed by atoms with Crippen molar-refractivity contribution < 1.29 is 14.7 Å². The fourth-order valence-electron chi connectivity index (χ4n) is 1.79. The van der Waals surface area contributed by atoms with Crippen molar-refractivity contribution in [2.45, 2.75) is 19.8 Å². The number of carbonyl (C=O) groups is 2. The zero-order valence-corrected chi connectivity index (χ0v) is 11.5. The number of hydrogen-bond acceptors (Lipinski definition) is 3. The Balaban J connectivity index is 2.65. The number of amides is 1. The van der Waals surface area contributed by atoms with Crippen LogP contribution in [0.3, 0.4) is 0 Å². The number of nitrogens with two attached hydrogens (primary N) is 1. The van der Waals surface area contributed by atoms with E-state index in [2.05, 4.69) is 5.32 Å². The highest BCUT2D eigenvalue weighted by Gasteiger charge is 2.15. The van der Waals surface area contributed by atoms with E-state index in [0.29, 0.717) is 12.2 Å². The van der Waals surface area contributed by atoms with Crippen LogP contribution in [0.5, 0.6) is 0 Å². The Hall–Kier alpha value is -2.14. The molecule has 0 heterocycles. The number of rotatable bonds is 7. The largest absolute Gasteiger partial charge is 0.478 e. The van der Waals surface area contributed by atoms with Crippen LogP contribution in [0.25, 0.3) is 6.08 Å². The minimum Gasteiger partial charge on any atom is -0.478 e. The summed E-state index contributed by atoms with van der Waals surface area (Å²) in [6, 6.07) is 6.95. The first-order valence-electron chi connectivity index (χ1n) is 6.58. The molecule has 0 bridgehead atoms. The van der Waals surface area contributed by atoms with E-state index < -0.39 is 5.97 Å². The molecule has 0 saturated heterocycles. The van der Waals surface area contributed by atoms with Gasteiger partial charge < -0.3 is 16.2 Å². The van der Waals surface area contributed by atoms with Gasteiger partial charge in [-0.3, -0.25) is 4.79 Å². The first kappa shape index (κ1) is 15.9. The van der Waals surface area contributed by atoms with Gasteiger partial charge in [-0.15, -0.1) is 0 Å². The molecule has 108 valence electrons. The molecule has 1 unspecified atom stereocenters. The Labute approximate surface area is 118 Å². The number of hydrogen-bond donors (Lipinski definition) is 3. The molecule has 0 spiro atoms. The molecule has 0 aromatic heterocycles. The molecular weight excluding hydrogens is 256 g/mol. The molecule has 1 atom stereocenters. The third-order valence-corrected chi connectivity index (χ3v) is 2.89. The summed E-state index contributed by atoms with van der Waals surface area (Å²) < 4.78 is 0. The van der Waals surface area contributed by atoms with Gasteiger partial charge >= 0.3 is 5.97 Å². The standard InChI is InChI=1S/C15H20N2O3/c1-2-3-12(10-16)15(20)17-13-7-4-11(5-8-13)6-9-14(18)19/h4-9,12H,2-3,10,16H2,1H3,(H,17,20)(H,18,19)/b9-6+. The van der Waals surface area contributed by atoms with Crippen molar-refractivity contribution in [2.24, 2.45) is 11.7 Å². The average molecular weight is 276 g/mol. The van der Waals surface area contributed by atoms with Crippen LogP contribution in [0.1, 0.15) is 25.3 Å². The molecule has 1 amide bonds. The summed E-state index contributed by atoms with van der Waals surface area (Å²) in [5.74, 6) is -1.25. The molecule has 1 rings (SSSR count). The predicted molar refractivity (Wildman–Crippen MR) is 79.2 cm³/mol. The summed E-state index contributed by atoms with van der Waals surface area (Å²) in [5, 5.41) is 11.3. The number of carboxylic acids is 1. The summed E-state index contributed by atoms with van der Waals surface area (Å²) >= 11 is 0. The van der Waals surface area contributed by atoms with E-state index in [-0.39, 0.29) is 11.8 Å². The van der Waals surface area contributed by atoms with Gasteiger partial charge in [0.05, 0.1) is 5.92 Å². The lowest BCUT2D eigenvalue weighted by Crippen LogP contribution is -2.29. The molecule has 5 nitrogen and oxygen atoms in total. The Morgan fingerprint density at radius 2 is 2.00 bits per heavy atom. The van der Waals surface area contributed by atoms with Crippen LogP contribution in [0.2, 0.25) is 0 Å². The number of aliphatic carboxylic acids is 1. The maximum Gasteiger partial charge on any atom is 0.328 e. The first-order chi connectivity index (χ1) is 9.56. The van der Waals surface area contributed by atoms with Crippen molar-refractivity contribution in [1.82, 2.24) is 0 Å². The van der Waals surface area contributed by atoms with Crippen LogP contribution >= 0.6 is 0 Å². The second-order valence-electron chi connectivity index (χ2n) is 4.50. The number of carboxylic acid groups (broad SMARTS) is 1. The zero-order valence-electron chi connectivity index (χ0n) is 11.5. The highest BCUT2D eigenvalue weighted by molar-refractivity contribution is 5.93. The second-order valence-corrected chi connectivity index (χ2v) is 4.50. The first-order valence-corrected chi connectivity index (χ1v) is 6.58. The fourth-order valence-corrected chi connectivity index (χ4v) is 1.79. The van der Waals surface area contributed by atoms with Crippen molar-refractivity contribution in [1.29, 1.82) is 0 Å². The molecule has 4 N–H and O–H groups in total. The average Bonchev–Trinajstić information content (AvgIpc) is 2.43. The van der Waals surface area contributed by atoms with Gasteiger partial charge in [0.1, 0.15) is 0 Å². The summed E-state index contributed by atoms with van der Waals surface area (Å²) in [4.78, 5) is 22.3. The highest BCUT2D eigenvalue weighted by Crippen LogP contribution is 2.13. The normalized spacial score (nSPS) is 12.3. The number of anilines is 1. The summed E-state index contributed by atoms with van der Waals surface area (Å²) in [5.41, 5.74) is 7.02. The third kappa shape index (κ3) is 5.24. The number of carbonyl (C=O) groups excluding carboxylic acids is 1. The zero-order chi connectivity index (χ0) is 15.0. The molecule has 1 aromatic carbocycles. The van der Waals surface area contributed by atoms with Crippen molar-refractivity contribution in [3.05, 3.63) is 35.9 Å². The smallest absolute Gasteiger partial charge is 0.328 e. The Morgan fingerprint density at radius 3 is 2.50 bits per heavy atom. The van der Waals surface area contributed by atoms with Gasteiger partial charge in [0, 0.05) is 18.3 Å². The maximum atomic E-state index is 12.0. The fraction of sp³-hybridized carbons (Fsp3) is 0.333. The van der Waals surface area contributed by atoms with Crippen molar-refractivity contribution in [2.75, 3.05) is 11.9 Å². The van der Waals surface area contributed by atoms with Gasteiger partial charge in [-0.1, -0.05) is 25.5 Å². The van der Waals surface area contributed by atoms with E-state index in [1.807, 2.05) is 6.92 Å². The SMILES string of the molecule is CCCC(CN)C(=O)Nc1ccc(/C=C/C(=O)O)cc1. The Morgan fingerprint density at radius 1 is 1.35 bits per heavy atom. The van der Waals surface area contributed by atoms with Crippen LogP contribution < -0.4 is 11.1 Å². The summed E-state index contributed by atoms with van der Waals surface area (Å²) in [6.07, 6.45) is 4.24. The number of benzene rings is 1. The number of nitrogens with one attached hydrogen (secondary N) is 1. The molecule has 0 aliphatic carbocycles. The Bertz CT molecular complexity index is 480. The molecule has 0 aliphatic rings. The topological polar surface area (TPSA) is 92.4 Å². The molecule has 5 heteroatoms. The quantitative estimate of drug-likeness (QED) is 0.665. The second kappa shape index (κ2) is 8.12. The van der Waals surface area contributed by atoms with E-state index in [0.717, 1.165) is 24.5 Å². The lowest BCUT2D eigenvalue weighted by Gasteiger charge is -2.13. The monoisotopic (exact) mass is 276 g/mol. The van der Waals surface area contributed by atoms with Crippen LogP contribution in [0.15, 0.2) is 30.3 Å². The molecule has 1 aromatic rings. The van der Waals surface area contributed by atoms with Crippen LogP contribution in [-0.4, -0.2) is 23.5 Å². The minimum atomic E-state index is -0.993. The molecule has 0 radical (unpaired) electrons. The van der Waals surface area contributed by atoms with Gasteiger partial charge in [-0.2, -0.15) is 0 Å². The lowest BCUT2D eigenvalue weighted by molar-refractivity contribution is -0.131. The van der Waals surface area contributed by atoms with E-state index in [4.69, 9.17) is 10.8 Å². The summed E-state index contributed by atoms with van der Waals surface area (Å²) in [6.45, 7) is 2.35. The molecule has 0 saturated carbocycles. The molecule has 0 fully saturated rings. The maximum absolute atomic E-state index is 12.0. The highest BCUT2D eigenvalue weighted by atomic mass is 16.4. The lowest BCUT2D eigenvalue weighted by atomic mass is 10.0. The van der Waals surface area contributed by atoms with Gasteiger partial charge in [-0.25, -0.2) is 4.79 Å². The van der Waals surface area contributed by atoms with Crippen LogP contribution in [-0.2, 0) is 9.59 Å². The van der Waals surface area contributed by atoms with Gasteiger partial charge in [-0.05, 0) is 30.2 Å². The van der Waals surface area contributed by atoms with E-state index in [1.165, 1.54) is 6.08 Å². The van der Waals surface area contributed by atoms with Gasteiger partial charge in [0.15, 0.2) is 0 Å². The minimum absolute atomic E-state index is 0.0804. The predicted octanol–water partition coefficient (Wildman–Crippen LogP) is 2.10. The van der Waals surface area contributed by atoms with Crippen molar-refractivity contribution in [3.8, 4) is 0 Å². The van der Waals surface area contributed by atoms with Crippen molar-refractivity contribution >= 4 is 23.6 Å². The summed E-state index contributed by atoms with van der Waals surface area (Å²) in [7, 11) is 0. The van der Waals surface area contributed by atoms with E-state index in [9.17, 15) is 9.59 Å². The van der Waals surface area contributed by atoms with Gasteiger partial charge in [0.2, 0.25) is 5.91 Å². The van der Waals surface area contributed by atoms with E-state index in [1.54, 1.807) is 24.3 Å². The van der Waals surface area contributed by atoms with E-state index >= 15 is 0 Å². The molecular formula is C15H20N2O3. The Kier molecular flexibility index (Phi) is 6.46. The molecule has 0 aliphatic heterocycles. The van der Waals surface area contributed by atoms with Gasteiger partial charge in [0.25, 0.3) is 0 Å². The van der Waals surface area contributed by atoms with Crippen LogP contribution in [0, 0.1) is 5.92 Å². The third-order valence-electron chi connectivity index (χ3n) is 2.89. The van der Waals surface area contributed by atoms with Crippen LogP contribution in [0.4, 0.5) is 5.69 Å².